The van der Waals surface area contributed by atoms with E-state index in [1.807, 2.05) is 0 Å². The maximum absolute atomic E-state index is 11.7. The number of rotatable bonds is 4. The fourth-order valence-electron chi connectivity index (χ4n) is 1.59. The Morgan fingerprint density at radius 2 is 2.41 bits per heavy atom. The van der Waals surface area contributed by atoms with E-state index in [2.05, 4.69) is 20.7 Å². The second-order valence-electron chi connectivity index (χ2n) is 3.87. The molecule has 1 aromatic heterocycles. The van der Waals surface area contributed by atoms with Crippen LogP contribution in [0.4, 0.5) is 5.82 Å². The number of nitrogens with one attached hydrogen (secondary N) is 2. The van der Waals surface area contributed by atoms with Gasteiger partial charge in [0, 0.05) is 19.1 Å². The van der Waals surface area contributed by atoms with Crippen molar-refractivity contribution < 1.29 is 9.53 Å². The molecular weight excluding hydrogens is 222 g/mol. The summed E-state index contributed by atoms with van der Waals surface area (Å²) in [6.07, 6.45) is 3.78. The standard InChI is InChI=1S/C10H15N5O2/c11-15-9-5-12-8(4-13-9)10(16)14-3-7-1-2-17-6-7/h4-5,7H,1-3,6,11H2,(H,13,15)(H,14,16). The van der Waals surface area contributed by atoms with E-state index in [0.717, 1.165) is 13.0 Å². The third-order valence-corrected chi connectivity index (χ3v) is 2.61. The number of carbonyl (C=O) groups excluding carboxylic acids is 1. The lowest BCUT2D eigenvalue weighted by atomic mass is 10.1. The molecule has 2 heterocycles. The number of nitrogens with zero attached hydrogens (tertiary/aromatic N) is 2. The molecule has 1 atom stereocenters. The third-order valence-electron chi connectivity index (χ3n) is 2.61. The third kappa shape index (κ3) is 3.11. The lowest BCUT2D eigenvalue weighted by Crippen LogP contribution is -2.30. The van der Waals surface area contributed by atoms with Crippen LogP contribution in [0.1, 0.15) is 16.9 Å². The van der Waals surface area contributed by atoms with Gasteiger partial charge in [0.05, 0.1) is 19.0 Å². The molecule has 0 saturated carbocycles. The number of hydrogen-bond donors (Lipinski definition) is 3. The number of anilines is 1. The van der Waals surface area contributed by atoms with Gasteiger partial charge in [-0.1, -0.05) is 0 Å². The lowest BCUT2D eigenvalue weighted by Gasteiger charge is -2.08. The first-order chi connectivity index (χ1) is 8.29. The van der Waals surface area contributed by atoms with Crippen LogP contribution in [-0.4, -0.2) is 35.6 Å². The quantitative estimate of drug-likeness (QED) is 0.483. The second kappa shape index (κ2) is 5.55. The summed E-state index contributed by atoms with van der Waals surface area (Å²) in [5.74, 6) is 5.74. The number of ether oxygens (including phenoxy) is 1. The summed E-state index contributed by atoms with van der Waals surface area (Å²) >= 11 is 0. The van der Waals surface area contributed by atoms with E-state index in [-0.39, 0.29) is 11.6 Å². The number of aromatic nitrogens is 2. The van der Waals surface area contributed by atoms with Crippen molar-refractivity contribution in [2.45, 2.75) is 6.42 Å². The summed E-state index contributed by atoms with van der Waals surface area (Å²) < 4.78 is 5.22. The molecule has 2 rings (SSSR count). The highest BCUT2D eigenvalue weighted by molar-refractivity contribution is 5.91. The fourth-order valence-corrected chi connectivity index (χ4v) is 1.59. The van der Waals surface area contributed by atoms with Crippen molar-refractivity contribution in [3.05, 3.63) is 18.1 Å². The zero-order chi connectivity index (χ0) is 12.1. The monoisotopic (exact) mass is 237 g/mol. The van der Waals surface area contributed by atoms with Gasteiger partial charge in [-0.05, 0) is 6.42 Å². The minimum atomic E-state index is -0.229. The van der Waals surface area contributed by atoms with Gasteiger partial charge in [0.25, 0.3) is 5.91 Å². The zero-order valence-corrected chi connectivity index (χ0v) is 9.35. The van der Waals surface area contributed by atoms with Crippen LogP contribution >= 0.6 is 0 Å². The molecule has 17 heavy (non-hydrogen) atoms. The van der Waals surface area contributed by atoms with E-state index in [0.29, 0.717) is 24.9 Å². The van der Waals surface area contributed by atoms with E-state index in [4.69, 9.17) is 10.6 Å². The normalized spacial score (nSPS) is 19.0. The van der Waals surface area contributed by atoms with Crippen molar-refractivity contribution in [2.75, 3.05) is 25.2 Å². The summed E-state index contributed by atoms with van der Waals surface area (Å²) in [4.78, 5) is 19.6. The summed E-state index contributed by atoms with van der Waals surface area (Å²) in [7, 11) is 0. The zero-order valence-electron chi connectivity index (χ0n) is 9.35. The average molecular weight is 237 g/mol. The number of hydrogen-bond acceptors (Lipinski definition) is 6. The van der Waals surface area contributed by atoms with Crippen LogP contribution in [0.25, 0.3) is 0 Å². The Morgan fingerprint density at radius 1 is 1.53 bits per heavy atom. The summed E-state index contributed by atoms with van der Waals surface area (Å²) in [5, 5.41) is 2.81. The highest BCUT2D eigenvalue weighted by atomic mass is 16.5. The highest BCUT2D eigenvalue weighted by Crippen LogP contribution is 2.10. The van der Waals surface area contributed by atoms with Gasteiger partial charge >= 0.3 is 0 Å². The minimum Gasteiger partial charge on any atom is -0.381 e. The molecule has 0 aliphatic carbocycles. The van der Waals surface area contributed by atoms with Crippen LogP contribution in [-0.2, 0) is 4.74 Å². The molecule has 1 fully saturated rings. The number of amides is 1. The van der Waals surface area contributed by atoms with Crippen LogP contribution in [0.2, 0.25) is 0 Å². The Bertz CT molecular complexity index is 375. The largest absolute Gasteiger partial charge is 0.381 e. The molecular formula is C10H15N5O2. The van der Waals surface area contributed by atoms with E-state index < -0.39 is 0 Å². The lowest BCUT2D eigenvalue weighted by molar-refractivity contribution is 0.0939. The van der Waals surface area contributed by atoms with Crippen LogP contribution in [0.5, 0.6) is 0 Å². The van der Waals surface area contributed by atoms with Gasteiger partial charge in [-0.2, -0.15) is 0 Å². The van der Waals surface area contributed by atoms with Gasteiger partial charge in [0.2, 0.25) is 0 Å². The van der Waals surface area contributed by atoms with Crippen LogP contribution in [0.15, 0.2) is 12.4 Å². The smallest absolute Gasteiger partial charge is 0.271 e. The van der Waals surface area contributed by atoms with Gasteiger partial charge in [-0.15, -0.1) is 0 Å². The number of carbonyl (C=O) groups is 1. The predicted molar refractivity (Wildman–Crippen MR) is 61.1 cm³/mol. The maximum Gasteiger partial charge on any atom is 0.271 e. The van der Waals surface area contributed by atoms with Crippen LogP contribution in [0, 0.1) is 5.92 Å². The Hall–Kier alpha value is -1.73. The molecule has 0 spiro atoms. The molecule has 7 nitrogen and oxygen atoms in total. The van der Waals surface area contributed by atoms with Crippen molar-refractivity contribution in [3.8, 4) is 0 Å². The number of nitrogens with two attached hydrogens (primary N) is 1. The Morgan fingerprint density at radius 3 is 3.00 bits per heavy atom. The van der Waals surface area contributed by atoms with Gasteiger partial charge < -0.3 is 15.5 Å². The summed E-state index contributed by atoms with van der Waals surface area (Å²) in [6, 6.07) is 0. The van der Waals surface area contributed by atoms with Gasteiger partial charge in [-0.25, -0.2) is 15.8 Å². The first-order valence-electron chi connectivity index (χ1n) is 5.44. The average Bonchev–Trinajstić information content (AvgIpc) is 2.89. The molecule has 1 amide bonds. The minimum absolute atomic E-state index is 0.229. The van der Waals surface area contributed by atoms with Gasteiger partial charge in [-0.3, -0.25) is 4.79 Å². The topological polar surface area (TPSA) is 102 Å². The van der Waals surface area contributed by atoms with Crippen molar-refractivity contribution >= 4 is 11.7 Å². The molecule has 1 unspecified atom stereocenters. The first kappa shape index (κ1) is 11.7. The molecule has 7 heteroatoms. The second-order valence-corrected chi connectivity index (χ2v) is 3.87. The Labute approximate surface area is 98.7 Å². The maximum atomic E-state index is 11.7. The highest BCUT2D eigenvalue weighted by Gasteiger charge is 2.17. The fraction of sp³-hybridized carbons (Fsp3) is 0.500. The van der Waals surface area contributed by atoms with E-state index >= 15 is 0 Å². The van der Waals surface area contributed by atoms with Gasteiger partial charge in [0.1, 0.15) is 5.69 Å². The van der Waals surface area contributed by atoms with Crippen molar-refractivity contribution in [1.29, 1.82) is 0 Å². The Balaban J connectivity index is 1.85. The molecule has 0 radical (unpaired) electrons. The van der Waals surface area contributed by atoms with E-state index in [9.17, 15) is 4.79 Å². The molecule has 0 aromatic carbocycles. The van der Waals surface area contributed by atoms with E-state index in [1.165, 1.54) is 12.4 Å². The van der Waals surface area contributed by atoms with E-state index in [1.54, 1.807) is 0 Å². The van der Waals surface area contributed by atoms with Crippen molar-refractivity contribution in [3.63, 3.8) is 0 Å². The molecule has 92 valence electrons. The molecule has 1 aliphatic heterocycles. The molecule has 4 N–H and O–H groups in total. The van der Waals surface area contributed by atoms with Crippen molar-refractivity contribution in [1.82, 2.24) is 15.3 Å². The SMILES string of the molecule is NNc1cnc(C(=O)NCC2CCOC2)cn1. The summed E-state index contributed by atoms with van der Waals surface area (Å²) in [6.45, 7) is 2.09. The number of hydrazine groups is 1. The van der Waals surface area contributed by atoms with Crippen LogP contribution in [0.3, 0.4) is 0 Å². The summed E-state index contributed by atoms with van der Waals surface area (Å²) in [5.41, 5.74) is 2.63. The van der Waals surface area contributed by atoms with Crippen LogP contribution < -0.4 is 16.6 Å². The molecule has 1 aromatic rings. The van der Waals surface area contributed by atoms with Crippen molar-refractivity contribution in [2.24, 2.45) is 11.8 Å². The molecule has 1 aliphatic rings. The molecule has 1 saturated heterocycles. The van der Waals surface area contributed by atoms with Gasteiger partial charge in [0.15, 0.2) is 5.82 Å². The Kier molecular flexibility index (Phi) is 3.84. The number of nitrogen functional groups attached to an aromatic ring is 1. The first-order valence-corrected chi connectivity index (χ1v) is 5.44. The molecule has 0 bridgehead atoms. The predicted octanol–water partition coefficient (Wildman–Crippen LogP) is -0.472.